The molecular formula is C18H14FNO3. The number of non-ortho nitro benzene ring substituents is 1. The maximum Gasteiger partial charge on any atom is 0.269 e. The van der Waals surface area contributed by atoms with Gasteiger partial charge in [-0.3, -0.25) is 10.1 Å². The molecule has 4 nitrogen and oxygen atoms in total. The maximum absolute atomic E-state index is 12.1. The Bertz CT molecular complexity index is 847. The topological polar surface area (TPSA) is 52.4 Å². The van der Waals surface area contributed by atoms with Crippen LogP contribution in [-0.2, 0) is 0 Å². The molecule has 0 aliphatic rings. The molecule has 3 aromatic carbocycles. The van der Waals surface area contributed by atoms with Gasteiger partial charge >= 0.3 is 0 Å². The SMILES string of the molecule is O=[N+]([O-])c1ccc(-c2ccc3cc(OCCF)ccc3c2)cc1. The predicted octanol–water partition coefficient (Wildman–Crippen LogP) is 4.76. The van der Waals surface area contributed by atoms with Crippen LogP contribution in [0.3, 0.4) is 0 Å². The Morgan fingerprint density at radius 2 is 1.57 bits per heavy atom. The van der Waals surface area contributed by atoms with E-state index in [9.17, 15) is 14.5 Å². The quantitative estimate of drug-likeness (QED) is 0.504. The minimum absolute atomic E-state index is 0.0480. The molecule has 0 aliphatic carbocycles. The lowest BCUT2D eigenvalue weighted by molar-refractivity contribution is -0.384. The lowest BCUT2D eigenvalue weighted by atomic mass is 10.0. The summed E-state index contributed by atoms with van der Waals surface area (Å²) in [5.41, 5.74) is 1.96. The molecule has 0 heterocycles. The van der Waals surface area contributed by atoms with Crippen LogP contribution in [0.15, 0.2) is 60.7 Å². The van der Waals surface area contributed by atoms with Gasteiger partial charge < -0.3 is 4.74 Å². The van der Waals surface area contributed by atoms with Crippen LogP contribution in [0.1, 0.15) is 0 Å². The van der Waals surface area contributed by atoms with Crippen molar-refractivity contribution in [3.8, 4) is 16.9 Å². The van der Waals surface area contributed by atoms with Crippen molar-refractivity contribution >= 4 is 16.5 Å². The zero-order valence-corrected chi connectivity index (χ0v) is 12.2. The van der Waals surface area contributed by atoms with E-state index < -0.39 is 11.6 Å². The van der Waals surface area contributed by atoms with Gasteiger partial charge in [0.1, 0.15) is 19.0 Å². The summed E-state index contributed by atoms with van der Waals surface area (Å²) in [5.74, 6) is 0.637. The zero-order chi connectivity index (χ0) is 16.2. The molecule has 0 atom stereocenters. The van der Waals surface area contributed by atoms with E-state index in [1.165, 1.54) is 12.1 Å². The number of nitro groups is 1. The number of fused-ring (bicyclic) bond motifs is 1. The van der Waals surface area contributed by atoms with Crippen molar-refractivity contribution in [1.29, 1.82) is 0 Å². The molecular weight excluding hydrogens is 297 g/mol. The second-order valence-electron chi connectivity index (χ2n) is 5.07. The summed E-state index contributed by atoms with van der Waals surface area (Å²) in [5, 5.41) is 12.7. The highest BCUT2D eigenvalue weighted by Crippen LogP contribution is 2.28. The van der Waals surface area contributed by atoms with E-state index in [1.54, 1.807) is 18.2 Å². The van der Waals surface area contributed by atoms with Crippen molar-refractivity contribution in [1.82, 2.24) is 0 Å². The fraction of sp³-hybridized carbons (Fsp3) is 0.111. The van der Waals surface area contributed by atoms with E-state index in [0.29, 0.717) is 5.75 Å². The molecule has 0 spiro atoms. The molecule has 0 unspecified atom stereocenters. The van der Waals surface area contributed by atoms with E-state index in [2.05, 4.69) is 0 Å². The molecule has 0 aromatic heterocycles. The van der Waals surface area contributed by atoms with Crippen LogP contribution < -0.4 is 4.74 Å². The number of nitro benzene ring substituents is 1. The molecule has 0 bridgehead atoms. The third-order valence-corrected chi connectivity index (χ3v) is 3.57. The summed E-state index contributed by atoms with van der Waals surface area (Å²) in [7, 11) is 0. The number of nitrogens with zero attached hydrogens (tertiary/aromatic N) is 1. The Morgan fingerprint density at radius 3 is 2.26 bits per heavy atom. The number of benzene rings is 3. The molecule has 0 saturated heterocycles. The Kier molecular flexibility index (Phi) is 4.19. The molecule has 116 valence electrons. The van der Waals surface area contributed by atoms with Gasteiger partial charge in [0.15, 0.2) is 0 Å². The van der Waals surface area contributed by atoms with Crippen LogP contribution in [0.5, 0.6) is 5.75 Å². The van der Waals surface area contributed by atoms with Crippen LogP contribution >= 0.6 is 0 Å². The smallest absolute Gasteiger partial charge is 0.269 e. The number of alkyl halides is 1. The predicted molar refractivity (Wildman–Crippen MR) is 87.5 cm³/mol. The minimum atomic E-state index is -0.517. The summed E-state index contributed by atoms with van der Waals surface area (Å²) in [6, 6.07) is 17.9. The Balaban J connectivity index is 1.91. The molecule has 0 amide bonds. The summed E-state index contributed by atoms with van der Waals surface area (Å²) < 4.78 is 17.4. The van der Waals surface area contributed by atoms with Crippen molar-refractivity contribution in [2.75, 3.05) is 13.3 Å². The van der Waals surface area contributed by atoms with Crippen molar-refractivity contribution in [2.45, 2.75) is 0 Å². The maximum atomic E-state index is 12.1. The Labute approximate surface area is 132 Å². The number of hydrogen-bond acceptors (Lipinski definition) is 3. The van der Waals surface area contributed by atoms with Crippen LogP contribution in [0.25, 0.3) is 21.9 Å². The highest BCUT2D eigenvalue weighted by atomic mass is 19.1. The monoisotopic (exact) mass is 311 g/mol. The van der Waals surface area contributed by atoms with Crippen molar-refractivity contribution in [3.05, 3.63) is 70.8 Å². The molecule has 3 aromatic rings. The van der Waals surface area contributed by atoms with Crippen molar-refractivity contribution < 1.29 is 14.1 Å². The average molecular weight is 311 g/mol. The first-order valence-electron chi connectivity index (χ1n) is 7.15. The molecule has 0 radical (unpaired) electrons. The second kappa shape index (κ2) is 6.44. The largest absolute Gasteiger partial charge is 0.491 e. The molecule has 5 heteroatoms. The van der Waals surface area contributed by atoms with E-state index in [-0.39, 0.29) is 12.3 Å². The highest BCUT2D eigenvalue weighted by molar-refractivity contribution is 5.88. The number of halogens is 1. The molecule has 0 aliphatic heterocycles. The average Bonchev–Trinajstić information content (AvgIpc) is 2.59. The third-order valence-electron chi connectivity index (χ3n) is 3.57. The van der Waals surface area contributed by atoms with Crippen LogP contribution in [0.4, 0.5) is 10.1 Å². The van der Waals surface area contributed by atoms with Gasteiger partial charge in [-0.05, 0) is 52.2 Å². The zero-order valence-electron chi connectivity index (χ0n) is 12.2. The van der Waals surface area contributed by atoms with Gasteiger partial charge in [-0.2, -0.15) is 0 Å². The summed E-state index contributed by atoms with van der Waals surface area (Å²) in [6.45, 7) is -0.469. The number of hydrogen-bond donors (Lipinski definition) is 0. The van der Waals surface area contributed by atoms with Crippen LogP contribution in [-0.4, -0.2) is 18.2 Å². The Hall–Kier alpha value is -2.95. The molecule has 3 rings (SSSR count). The highest BCUT2D eigenvalue weighted by Gasteiger charge is 2.06. The van der Waals surface area contributed by atoms with Gasteiger partial charge in [0.25, 0.3) is 5.69 Å². The van der Waals surface area contributed by atoms with E-state index in [0.717, 1.165) is 21.9 Å². The van der Waals surface area contributed by atoms with Gasteiger partial charge in [-0.25, -0.2) is 4.39 Å². The van der Waals surface area contributed by atoms with Gasteiger partial charge in [0.2, 0.25) is 0 Å². The van der Waals surface area contributed by atoms with E-state index >= 15 is 0 Å². The molecule has 0 fully saturated rings. The second-order valence-corrected chi connectivity index (χ2v) is 5.07. The summed E-state index contributed by atoms with van der Waals surface area (Å²) in [6.07, 6.45) is 0. The first-order chi connectivity index (χ1) is 11.2. The fourth-order valence-corrected chi connectivity index (χ4v) is 2.43. The van der Waals surface area contributed by atoms with Gasteiger partial charge in [0.05, 0.1) is 4.92 Å². The lowest BCUT2D eigenvalue weighted by Crippen LogP contribution is -1.98. The standard InChI is InChI=1S/C18H14FNO3/c19-9-10-23-18-8-5-15-11-14(1-2-16(15)12-18)13-3-6-17(7-4-13)20(21)22/h1-8,11-12H,9-10H2. The third kappa shape index (κ3) is 3.29. The van der Waals surface area contributed by atoms with E-state index in [4.69, 9.17) is 4.74 Å². The summed E-state index contributed by atoms with van der Waals surface area (Å²) in [4.78, 5) is 10.3. The van der Waals surface area contributed by atoms with Gasteiger partial charge in [-0.15, -0.1) is 0 Å². The minimum Gasteiger partial charge on any atom is -0.491 e. The molecule has 23 heavy (non-hydrogen) atoms. The first-order valence-corrected chi connectivity index (χ1v) is 7.15. The normalized spacial score (nSPS) is 10.7. The van der Waals surface area contributed by atoms with E-state index in [1.807, 2.05) is 30.3 Å². The van der Waals surface area contributed by atoms with Crippen LogP contribution in [0.2, 0.25) is 0 Å². The Morgan fingerprint density at radius 1 is 0.913 bits per heavy atom. The first kappa shape index (κ1) is 15.0. The molecule has 0 saturated carbocycles. The van der Waals surface area contributed by atoms with Gasteiger partial charge in [0, 0.05) is 12.1 Å². The van der Waals surface area contributed by atoms with Crippen molar-refractivity contribution in [3.63, 3.8) is 0 Å². The number of ether oxygens (including phenoxy) is 1. The van der Waals surface area contributed by atoms with Crippen molar-refractivity contribution in [2.24, 2.45) is 0 Å². The molecule has 0 N–H and O–H groups in total. The number of rotatable bonds is 5. The summed E-state index contributed by atoms with van der Waals surface area (Å²) >= 11 is 0. The van der Waals surface area contributed by atoms with Gasteiger partial charge in [-0.1, -0.05) is 18.2 Å². The van der Waals surface area contributed by atoms with Crippen LogP contribution in [0, 0.1) is 10.1 Å². The fourth-order valence-electron chi connectivity index (χ4n) is 2.43. The lowest BCUT2D eigenvalue weighted by Gasteiger charge is -2.07.